The average Bonchev–Trinajstić information content (AvgIpc) is 3.67. The number of likely N-dealkylation sites (tertiary alicyclic amines) is 1. The van der Waals surface area contributed by atoms with Crippen LogP contribution in [-0.2, 0) is 4.79 Å². The van der Waals surface area contributed by atoms with Crippen molar-refractivity contribution in [2.45, 2.75) is 37.6 Å². The molecule has 0 radical (unpaired) electrons. The maximum atomic E-state index is 13.1. The number of amides is 2. The number of hydrogen-bond acceptors (Lipinski definition) is 5. The molecule has 0 unspecified atom stereocenters. The summed E-state index contributed by atoms with van der Waals surface area (Å²) in [7, 11) is 0. The highest BCUT2D eigenvalue weighted by atomic mass is 16.3. The number of H-pyrrole nitrogens is 1. The Balaban J connectivity index is 1.20. The number of carbonyl (C=O) groups excluding carboxylic acids is 2. The quantitative estimate of drug-likeness (QED) is 0.677. The van der Waals surface area contributed by atoms with Gasteiger partial charge < -0.3 is 20.3 Å². The molecular formula is C21H25N5O3. The summed E-state index contributed by atoms with van der Waals surface area (Å²) in [4.78, 5) is 40.1. The van der Waals surface area contributed by atoms with E-state index in [0.29, 0.717) is 53.5 Å². The number of nitrogens with zero attached hydrogens (tertiary/aromatic N) is 3. The molecule has 4 aliphatic rings. The number of aromatic nitrogens is 3. The molecule has 2 amide bonds. The standard InChI is InChI=1S/C21H25N5O3/c27-9-15-13-7-26(8-14(13)15)21(29)17(11-3-4-11)25-20(28)12-5-22-19-18(12)24-16(6-23-19)10-1-2-10/h5-6,10-11,13-15,17,27H,1-4,7-9H2,(H,22,23)(H,25,28)/t13-,14+,15-,17-/m1/s1. The fourth-order valence-electron chi connectivity index (χ4n) is 4.98. The van der Waals surface area contributed by atoms with Crippen LogP contribution in [0.2, 0.25) is 0 Å². The Morgan fingerprint density at radius 1 is 1.24 bits per heavy atom. The third-order valence-corrected chi connectivity index (χ3v) is 7.18. The van der Waals surface area contributed by atoms with Crippen LogP contribution >= 0.6 is 0 Å². The molecular weight excluding hydrogens is 370 g/mol. The highest BCUT2D eigenvalue weighted by molar-refractivity contribution is 6.06. The Labute approximate surface area is 168 Å². The van der Waals surface area contributed by atoms with E-state index in [9.17, 15) is 14.7 Å². The third kappa shape index (κ3) is 2.92. The minimum Gasteiger partial charge on any atom is -0.396 e. The van der Waals surface area contributed by atoms with E-state index in [1.165, 1.54) is 0 Å². The van der Waals surface area contributed by atoms with Gasteiger partial charge in [-0.05, 0) is 49.4 Å². The molecule has 3 aliphatic carbocycles. The molecule has 2 aromatic heterocycles. The third-order valence-electron chi connectivity index (χ3n) is 7.18. The second-order valence-electron chi connectivity index (χ2n) is 9.17. The van der Waals surface area contributed by atoms with Gasteiger partial charge in [0.2, 0.25) is 5.91 Å². The Kier molecular flexibility index (Phi) is 3.75. The van der Waals surface area contributed by atoms with Gasteiger partial charge in [-0.3, -0.25) is 9.59 Å². The van der Waals surface area contributed by atoms with Crippen LogP contribution in [0.15, 0.2) is 12.4 Å². The van der Waals surface area contributed by atoms with Crippen molar-refractivity contribution in [3.05, 3.63) is 23.7 Å². The number of carbonyl (C=O) groups is 2. The zero-order valence-corrected chi connectivity index (χ0v) is 16.2. The molecule has 6 rings (SSSR count). The van der Waals surface area contributed by atoms with Gasteiger partial charge in [0.1, 0.15) is 11.6 Å². The number of aliphatic hydroxyl groups is 1. The first-order chi connectivity index (χ1) is 14.1. The molecule has 1 aliphatic heterocycles. The predicted molar refractivity (Wildman–Crippen MR) is 104 cm³/mol. The second-order valence-corrected chi connectivity index (χ2v) is 9.17. The number of fused-ring (bicyclic) bond motifs is 2. The summed E-state index contributed by atoms with van der Waals surface area (Å²) in [5.41, 5.74) is 2.58. The van der Waals surface area contributed by atoms with E-state index in [1.54, 1.807) is 12.4 Å². The summed E-state index contributed by atoms with van der Waals surface area (Å²) in [6, 6.07) is -0.475. The molecule has 3 N–H and O–H groups in total. The number of aliphatic hydroxyl groups excluding tert-OH is 1. The first-order valence-electron chi connectivity index (χ1n) is 10.7. The molecule has 4 atom stereocenters. The fourth-order valence-corrected chi connectivity index (χ4v) is 4.98. The number of piperidine rings is 1. The van der Waals surface area contributed by atoms with Crippen molar-refractivity contribution in [1.29, 1.82) is 0 Å². The molecule has 0 bridgehead atoms. The highest BCUT2D eigenvalue weighted by Gasteiger charge is 2.57. The monoisotopic (exact) mass is 395 g/mol. The first-order valence-corrected chi connectivity index (χ1v) is 10.7. The van der Waals surface area contributed by atoms with Crippen LogP contribution in [0.5, 0.6) is 0 Å². The van der Waals surface area contributed by atoms with E-state index in [-0.39, 0.29) is 24.3 Å². The summed E-state index contributed by atoms with van der Waals surface area (Å²) in [5.74, 6) is 1.67. The molecule has 1 saturated heterocycles. The second kappa shape index (κ2) is 6.26. The molecule has 8 heteroatoms. The molecule has 2 aromatic rings. The first kappa shape index (κ1) is 17.4. The Hall–Kier alpha value is -2.48. The van der Waals surface area contributed by atoms with Gasteiger partial charge in [0.25, 0.3) is 5.91 Å². The number of nitrogens with one attached hydrogen (secondary N) is 2. The summed E-state index contributed by atoms with van der Waals surface area (Å²) >= 11 is 0. The number of aromatic amines is 1. The van der Waals surface area contributed by atoms with Gasteiger partial charge in [0.15, 0.2) is 5.65 Å². The topological polar surface area (TPSA) is 111 Å². The van der Waals surface area contributed by atoms with Crippen molar-refractivity contribution in [2.24, 2.45) is 23.7 Å². The zero-order chi connectivity index (χ0) is 19.7. The fraction of sp³-hybridized carbons (Fsp3) is 0.619. The van der Waals surface area contributed by atoms with Crippen molar-refractivity contribution in [3.8, 4) is 0 Å². The van der Waals surface area contributed by atoms with Crippen LogP contribution in [0.3, 0.4) is 0 Å². The van der Waals surface area contributed by atoms with Gasteiger partial charge in [0, 0.05) is 31.8 Å². The van der Waals surface area contributed by atoms with E-state index >= 15 is 0 Å². The van der Waals surface area contributed by atoms with Crippen LogP contribution in [0.25, 0.3) is 11.2 Å². The van der Waals surface area contributed by atoms with E-state index in [4.69, 9.17) is 0 Å². The maximum Gasteiger partial charge on any atom is 0.255 e. The van der Waals surface area contributed by atoms with E-state index in [0.717, 1.165) is 31.4 Å². The van der Waals surface area contributed by atoms with Crippen LogP contribution < -0.4 is 5.32 Å². The molecule has 3 heterocycles. The van der Waals surface area contributed by atoms with E-state index < -0.39 is 6.04 Å². The Morgan fingerprint density at radius 3 is 2.66 bits per heavy atom. The Morgan fingerprint density at radius 2 is 2.00 bits per heavy atom. The zero-order valence-electron chi connectivity index (χ0n) is 16.2. The number of rotatable bonds is 6. The SMILES string of the molecule is O=C(N[C@@H](C(=O)N1C[C@@H]2[C@H](CO)[C@@H]2C1)C1CC1)c1c[nH]c2ncc(C3CC3)nc12. The van der Waals surface area contributed by atoms with Crippen molar-refractivity contribution < 1.29 is 14.7 Å². The number of hydrogen-bond donors (Lipinski definition) is 3. The van der Waals surface area contributed by atoms with Crippen LogP contribution in [0.1, 0.15) is 47.7 Å². The van der Waals surface area contributed by atoms with Crippen molar-refractivity contribution in [2.75, 3.05) is 19.7 Å². The van der Waals surface area contributed by atoms with Gasteiger partial charge >= 0.3 is 0 Å². The molecule has 8 nitrogen and oxygen atoms in total. The highest BCUT2D eigenvalue weighted by Crippen LogP contribution is 2.51. The molecule has 152 valence electrons. The van der Waals surface area contributed by atoms with Crippen LogP contribution in [0.4, 0.5) is 0 Å². The lowest BCUT2D eigenvalue weighted by molar-refractivity contribution is -0.133. The van der Waals surface area contributed by atoms with E-state index in [1.807, 2.05) is 4.90 Å². The van der Waals surface area contributed by atoms with Crippen molar-refractivity contribution >= 4 is 23.0 Å². The smallest absolute Gasteiger partial charge is 0.255 e. The molecule has 3 saturated carbocycles. The van der Waals surface area contributed by atoms with Gasteiger partial charge in [-0.1, -0.05) is 0 Å². The predicted octanol–water partition coefficient (Wildman–Crippen LogP) is 1.04. The lowest BCUT2D eigenvalue weighted by atomic mass is 10.1. The van der Waals surface area contributed by atoms with E-state index in [2.05, 4.69) is 20.3 Å². The molecule has 4 fully saturated rings. The summed E-state index contributed by atoms with van der Waals surface area (Å²) in [6.45, 7) is 1.62. The lowest BCUT2D eigenvalue weighted by Crippen LogP contribution is -2.50. The van der Waals surface area contributed by atoms with Crippen molar-refractivity contribution in [1.82, 2.24) is 25.2 Å². The molecule has 29 heavy (non-hydrogen) atoms. The minimum atomic E-state index is -0.475. The largest absolute Gasteiger partial charge is 0.396 e. The maximum absolute atomic E-state index is 13.1. The molecule has 0 spiro atoms. The van der Waals surface area contributed by atoms with Crippen molar-refractivity contribution in [3.63, 3.8) is 0 Å². The normalized spacial score (nSPS) is 29.0. The van der Waals surface area contributed by atoms with Gasteiger partial charge in [-0.25, -0.2) is 9.97 Å². The Bertz CT molecular complexity index is 983. The summed E-state index contributed by atoms with van der Waals surface area (Å²) in [5, 5.41) is 12.3. The van der Waals surface area contributed by atoms with Crippen LogP contribution in [-0.4, -0.2) is 62.5 Å². The summed E-state index contributed by atoms with van der Waals surface area (Å²) < 4.78 is 0. The lowest BCUT2D eigenvalue weighted by Gasteiger charge is -2.26. The average molecular weight is 395 g/mol. The van der Waals surface area contributed by atoms with Gasteiger partial charge in [-0.2, -0.15) is 0 Å². The minimum absolute atomic E-state index is 0.0225. The molecule has 0 aromatic carbocycles. The summed E-state index contributed by atoms with van der Waals surface area (Å²) in [6.07, 6.45) is 7.61. The van der Waals surface area contributed by atoms with Gasteiger partial charge in [0.05, 0.1) is 17.5 Å². The van der Waals surface area contributed by atoms with Gasteiger partial charge in [-0.15, -0.1) is 0 Å². The van der Waals surface area contributed by atoms with Crippen LogP contribution in [0, 0.1) is 23.7 Å².